The zero-order valence-corrected chi connectivity index (χ0v) is 10.6. The summed E-state index contributed by atoms with van der Waals surface area (Å²) in [5, 5.41) is 2.98. The van der Waals surface area contributed by atoms with Crippen molar-refractivity contribution < 1.29 is 14.3 Å². The van der Waals surface area contributed by atoms with Gasteiger partial charge >= 0.3 is 5.97 Å². The lowest BCUT2D eigenvalue weighted by Crippen LogP contribution is -2.57. The van der Waals surface area contributed by atoms with Crippen molar-refractivity contribution in [2.24, 2.45) is 0 Å². The van der Waals surface area contributed by atoms with Crippen molar-refractivity contribution in [3.05, 3.63) is 0 Å². The molecular formula is C11H22N2O3. The number of esters is 1. The van der Waals surface area contributed by atoms with Gasteiger partial charge in [-0.25, -0.2) is 0 Å². The van der Waals surface area contributed by atoms with E-state index in [1.165, 1.54) is 7.11 Å². The molecule has 0 aromatic rings. The first kappa shape index (κ1) is 13.4. The lowest BCUT2D eigenvalue weighted by atomic mass is 10.0. The summed E-state index contributed by atoms with van der Waals surface area (Å²) in [7, 11) is 3.19. The van der Waals surface area contributed by atoms with Gasteiger partial charge in [-0.05, 0) is 20.9 Å². The number of hydrogen-bond donors (Lipinski definition) is 1. The van der Waals surface area contributed by atoms with Crippen LogP contribution in [0.25, 0.3) is 0 Å². The van der Waals surface area contributed by atoms with E-state index < -0.39 is 0 Å². The molecule has 0 amide bonds. The Hall–Kier alpha value is -0.650. The number of methoxy groups -OCH3 is 1. The highest BCUT2D eigenvalue weighted by Crippen LogP contribution is 2.19. The van der Waals surface area contributed by atoms with E-state index >= 15 is 0 Å². The van der Waals surface area contributed by atoms with E-state index in [1.807, 2.05) is 0 Å². The lowest BCUT2D eigenvalue weighted by Gasteiger charge is -2.43. The standard InChI is InChI=1S/C11H22N2O3/c1-11(2)8-16-6-5-13(11)7-9(12-3)10(14)15-4/h9,12H,5-8H2,1-4H3. The van der Waals surface area contributed by atoms with Gasteiger partial charge in [-0.3, -0.25) is 9.69 Å². The van der Waals surface area contributed by atoms with Gasteiger partial charge in [0.1, 0.15) is 6.04 Å². The Morgan fingerprint density at radius 2 is 2.31 bits per heavy atom. The molecule has 0 aromatic carbocycles. The third-order valence-electron chi connectivity index (χ3n) is 3.05. The summed E-state index contributed by atoms with van der Waals surface area (Å²) in [5.74, 6) is -0.218. The fraction of sp³-hybridized carbons (Fsp3) is 0.909. The maximum absolute atomic E-state index is 11.5. The number of morpholine rings is 1. The molecule has 1 fully saturated rings. The summed E-state index contributed by atoms with van der Waals surface area (Å²) in [6.45, 7) is 7.17. The zero-order chi connectivity index (χ0) is 12.2. The van der Waals surface area contributed by atoms with Crippen LogP contribution in [0.4, 0.5) is 0 Å². The minimum Gasteiger partial charge on any atom is -0.468 e. The molecule has 5 nitrogen and oxygen atoms in total. The molecule has 94 valence electrons. The minimum absolute atomic E-state index is 0.0264. The highest BCUT2D eigenvalue weighted by molar-refractivity contribution is 5.75. The lowest BCUT2D eigenvalue weighted by molar-refractivity contribution is -0.144. The van der Waals surface area contributed by atoms with Gasteiger partial charge in [0, 0.05) is 18.6 Å². The average Bonchev–Trinajstić information content (AvgIpc) is 2.26. The number of carbonyl (C=O) groups is 1. The number of likely N-dealkylation sites (N-methyl/N-ethyl adjacent to an activating group) is 1. The predicted octanol–water partition coefficient (Wildman–Crippen LogP) is -0.142. The highest BCUT2D eigenvalue weighted by atomic mass is 16.5. The van der Waals surface area contributed by atoms with E-state index in [0.717, 1.165) is 13.2 Å². The molecule has 1 N–H and O–H groups in total. The molecule has 1 unspecified atom stereocenters. The van der Waals surface area contributed by atoms with Crippen LogP contribution in [0.5, 0.6) is 0 Å². The van der Waals surface area contributed by atoms with Gasteiger partial charge in [-0.2, -0.15) is 0 Å². The van der Waals surface area contributed by atoms with E-state index in [9.17, 15) is 4.79 Å². The van der Waals surface area contributed by atoms with Crippen LogP contribution >= 0.6 is 0 Å². The molecule has 0 bridgehead atoms. The van der Waals surface area contributed by atoms with E-state index in [0.29, 0.717) is 13.2 Å². The van der Waals surface area contributed by atoms with Crippen molar-refractivity contribution in [1.29, 1.82) is 0 Å². The fourth-order valence-electron chi connectivity index (χ4n) is 1.88. The van der Waals surface area contributed by atoms with Crippen LogP contribution in [0.1, 0.15) is 13.8 Å². The second-order valence-electron chi connectivity index (χ2n) is 4.68. The smallest absolute Gasteiger partial charge is 0.324 e. The molecular weight excluding hydrogens is 208 g/mol. The van der Waals surface area contributed by atoms with Crippen molar-refractivity contribution in [2.75, 3.05) is 40.5 Å². The van der Waals surface area contributed by atoms with Gasteiger partial charge in [0.05, 0.1) is 20.3 Å². The molecule has 0 saturated carbocycles. The normalized spacial score (nSPS) is 22.8. The molecule has 1 aliphatic heterocycles. The monoisotopic (exact) mass is 230 g/mol. The molecule has 1 heterocycles. The first-order chi connectivity index (χ1) is 7.51. The first-order valence-corrected chi connectivity index (χ1v) is 5.59. The summed E-state index contributed by atoms with van der Waals surface area (Å²) in [5.41, 5.74) is -0.0264. The Morgan fingerprint density at radius 3 is 2.81 bits per heavy atom. The summed E-state index contributed by atoms with van der Waals surface area (Å²) in [6.07, 6.45) is 0. The van der Waals surface area contributed by atoms with Crippen molar-refractivity contribution in [3.63, 3.8) is 0 Å². The van der Waals surface area contributed by atoms with E-state index in [4.69, 9.17) is 9.47 Å². The summed E-state index contributed by atoms with van der Waals surface area (Å²) >= 11 is 0. The van der Waals surface area contributed by atoms with Crippen molar-refractivity contribution in [2.45, 2.75) is 25.4 Å². The fourth-order valence-corrected chi connectivity index (χ4v) is 1.88. The largest absolute Gasteiger partial charge is 0.468 e. The van der Waals surface area contributed by atoms with Gasteiger partial charge in [0.25, 0.3) is 0 Å². The first-order valence-electron chi connectivity index (χ1n) is 5.59. The molecule has 0 aromatic heterocycles. The predicted molar refractivity (Wildman–Crippen MR) is 61.3 cm³/mol. The summed E-state index contributed by atoms with van der Waals surface area (Å²) in [4.78, 5) is 13.7. The second-order valence-corrected chi connectivity index (χ2v) is 4.68. The van der Waals surface area contributed by atoms with Crippen LogP contribution in [0.15, 0.2) is 0 Å². The van der Waals surface area contributed by atoms with Crippen LogP contribution in [0, 0.1) is 0 Å². The molecule has 5 heteroatoms. The molecule has 0 aliphatic carbocycles. The average molecular weight is 230 g/mol. The van der Waals surface area contributed by atoms with E-state index in [-0.39, 0.29) is 17.6 Å². The number of nitrogens with one attached hydrogen (secondary N) is 1. The van der Waals surface area contributed by atoms with Gasteiger partial charge < -0.3 is 14.8 Å². The number of ether oxygens (including phenoxy) is 2. The Bertz CT molecular complexity index is 243. The molecule has 1 saturated heterocycles. The van der Waals surface area contributed by atoms with Crippen molar-refractivity contribution in [3.8, 4) is 0 Å². The van der Waals surface area contributed by atoms with Crippen LogP contribution in [0.3, 0.4) is 0 Å². The number of carbonyl (C=O) groups excluding carboxylic acids is 1. The van der Waals surface area contributed by atoms with Crippen molar-refractivity contribution in [1.82, 2.24) is 10.2 Å². The SMILES string of the molecule is CNC(CN1CCOCC1(C)C)C(=O)OC. The molecule has 16 heavy (non-hydrogen) atoms. The maximum Gasteiger partial charge on any atom is 0.324 e. The van der Waals surface area contributed by atoms with E-state index in [1.54, 1.807) is 7.05 Å². The molecule has 0 radical (unpaired) electrons. The van der Waals surface area contributed by atoms with Crippen LogP contribution in [0.2, 0.25) is 0 Å². The quantitative estimate of drug-likeness (QED) is 0.681. The van der Waals surface area contributed by atoms with Gasteiger partial charge in [-0.15, -0.1) is 0 Å². The molecule has 1 atom stereocenters. The topological polar surface area (TPSA) is 50.8 Å². The number of hydrogen-bond acceptors (Lipinski definition) is 5. The molecule has 0 spiro atoms. The highest BCUT2D eigenvalue weighted by Gasteiger charge is 2.33. The second kappa shape index (κ2) is 5.61. The summed E-state index contributed by atoms with van der Waals surface area (Å²) in [6, 6.07) is -0.276. The van der Waals surface area contributed by atoms with Crippen LogP contribution in [-0.2, 0) is 14.3 Å². The Balaban J connectivity index is 2.59. The number of nitrogens with zero attached hydrogens (tertiary/aromatic N) is 1. The van der Waals surface area contributed by atoms with Crippen LogP contribution < -0.4 is 5.32 Å². The van der Waals surface area contributed by atoms with Gasteiger partial charge in [-0.1, -0.05) is 0 Å². The van der Waals surface area contributed by atoms with Crippen molar-refractivity contribution >= 4 is 5.97 Å². The van der Waals surface area contributed by atoms with Gasteiger partial charge in [0.2, 0.25) is 0 Å². The van der Waals surface area contributed by atoms with E-state index in [2.05, 4.69) is 24.1 Å². The minimum atomic E-state index is -0.276. The Kier molecular flexibility index (Phi) is 4.70. The third-order valence-corrected chi connectivity index (χ3v) is 3.05. The third kappa shape index (κ3) is 3.17. The number of rotatable bonds is 4. The Morgan fingerprint density at radius 1 is 1.62 bits per heavy atom. The molecule has 1 aliphatic rings. The Labute approximate surface area is 97.1 Å². The maximum atomic E-state index is 11.5. The zero-order valence-electron chi connectivity index (χ0n) is 10.6. The molecule has 1 rings (SSSR count). The summed E-state index contributed by atoms with van der Waals surface area (Å²) < 4.78 is 10.2. The van der Waals surface area contributed by atoms with Gasteiger partial charge in [0.15, 0.2) is 0 Å². The van der Waals surface area contributed by atoms with Crippen LogP contribution in [-0.4, -0.2) is 62.9 Å².